The lowest BCUT2D eigenvalue weighted by Gasteiger charge is -2.21. The normalized spacial score (nSPS) is 13.6. The van der Waals surface area contributed by atoms with Crippen LogP contribution in [0.2, 0.25) is 0 Å². The molecule has 10 nitrogen and oxygen atoms in total. The molecule has 2 aromatic carbocycles. The molecule has 6 rings (SSSR count). The van der Waals surface area contributed by atoms with Gasteiger partial charge in [-0.2, -0.15) is 13.2 Å². The summed E-state index contributed by atoms with van der Waals surface area (Å²) in [5, 5.41) is 8.28. The molecule has 0 spiro atoms. The van der Waals surface area contributed by atoms with Gasteiger partial charge in [0.25, 0.3) is 5.91 Å². The highest BCUT2D eigenvalue weighted by molar-refractivity contribution is 6.07. The number of nitrogens with zero attached hydrogens (tertiary/aromatic N) is 7. The van der Waals surface area contributed by atoms with E-state index in [1.807, 2.05) is 37.3 Å². The molecule has 1 amide bonds. The van der Waals surface area contributed by atoms with Crippen LogP contribution >= 0.6 is 0 Å². The van der Waals surface area contributed by atoms with Gasteiger partial charge in [0.05, 0.1) is 31.9 Å². The Bertz CT molecular complexity index is 1770. The maximum absolute atomic E-state index is 13.5. The highest BCUT2D eigenvalue weighted by atomic mass is 19.4. The van der Waals surface area contributed by atoms with E-state index in [2.05, 4.69) is 25.3 Å². The zero-order valence-corrected chi connectivity index (χ0v) is 21.9. The number of fused-ring (bicyclic) bond motifs is 2. The first-order valence-corrected chi connectivity index (χ1v) is 12.5. The zero-order valence-electron chi connectivity index (χ0n) is 21.9. The second kappa shape index (κ2) is 10.2. The molecule has 0 N–H and O–H groups in total. The van der Waals surface area contributed by atoms with E-state index in [9.17, 15) is 18.0 Å². The summed E-state index contributed by atoms with van der Waals surface area (Å²) in [6, 6.07) is 15.0. The monoisotopic (exact) mass is 561 g/mol. The molecule has 41 heavy (non-hydrogen) atoms. The molecule has 0 atom stereocenters. The number of methoxy groups -OCH3 is 1. The molecule has 3 aromatic heterocycles. The molecule has 5 aromatic rings. The van der Waals surface area contributed by atoms with Crippen LogP contribution in [-0.4, -0.2) is 56.1 Å². The Morgan fingerprint density at radius 1 is 1.02 bits per heavy atom. The highest BCUT2D eigenvalue weighted by Gasteiger charge is 2.33. The number of aryl methyl sites for hydroxylation is 1. The van der Waals surface area contributed by atoms with Crippen molar-refractivity contribution in [2.75, 3.05) is 25.2 Å². The lowest BCUT2D eigenvalue weighted by molar-refractivity contribution is -0.140. The van der Waals surface area contributed by atoms with Crippen molar-refractivity contribution in [1.29, 1.82) is 0 Å². The molecule has 0 saturated carbocycles. The molecule has 0 radical (unpaired) electrons. The van der Waals surface area contributed by atoms with Crippen molar-refractivity contribution in [2.45, 2.75) is 19.6 Å². The lowest BCUT2D eigenvalue weighted by Crippen LogP contribution is -2.33. The van der Waals surface area contributed by atoms with E-state index < -0.39 is 11.9 Å². The predicted octanol–water partition coefficient (Wildman–Crippen LogP) is 4.71. The van der Waals surface area contributed by atoms with E-state index >= 15 is 0 Å². The minimum Gasteiger partial charge on any atom is -0.497 e. The number of rotatable bonds is 5. The summed E-state index contributed by atoms with van der Waals surface area (Å²) >= 11 is 0. The second-order valence-corrected chi connectivity index (χ2v) is 9.35. The zero-order chi connectivity index (χ0) is 28.7. The summed E-state index contributed by atoms with van der Waals surface area (Å²) in [4.78, 5) is 27.4. The van der Waals surface area contributed by atoms with E-state index in [0.29, 0.717) is 29.5 Å². The number of hydrogen-bond acceptors (Lipinski definition) is 8. The maximum Gasteiger partial charge on any atom is 0.433 e. The third kappa shape index (κ3) is 5.01. The van der Waals surface area contributed by atoms with Gasteiger partial charge in [0.15, 0.2) is 5.82 Å². The Morgan fingerprint density at radius 2 is 1.83 bits per heavy atom. The Hall–Kier alpha value is -5.07. The first-order valence-electron chi connectivity index (χ1n) is 12.5. The number of hydrogen-bond donors (Lipinski definition) is 0. The van der Waals surface area contributed by atoms with Crippen molar-refractivity contribution in [3.05, 3.63) is 83.3 Å². The quantitative estimate of drug-likeness (QED) is 0.304. The highest BCUT2D eigenvalue weighted by Crippen LogP contribution is 2.32. The standard InChI is InChI=1S/C28H22F3N7O3/c1-16-13-18(25-32-14-21-20(34-25)8-10-23(33-21)28(29,30)31)5-9-22(16)37-11-12-41-27-24(26(37)39)35-36-38(27)15-17-3-6-19(40-2)7-4-17/h3-10,13-14H,11-12,15H2,1-2H3. The van der Waals surface area contributed by atoms with Crippen molar-refractivity contribution in [2.24, 2.45) is 0 Å². The van der Waals surface area contributed by atoms with Gasteiger partial charge < -0.3 is 14.4 Å². The van der Waals surface area contributed by atoms with E-state index in [0.717, 1.165) is 22.9 Å². The van der Waals surface area contributed by atoms with Crippen molar-refractivity contribution >= 4 is 22.6 Å². The Kier molecular flexibility index (Phi) is 6.48. The summed E-state index contributed by atoms with van der Waals surface area (Å²) in [5.41, 5.74) is 2.43. The predicted molar refractivity (Wildman–Crippen MR) is 142 cm³/mol. The summed E-state index contributed by atoms with van der Waals surface area (Å²) < 4.78 is 51.6. The maximum atomic E-state index is 13.5. The van der Waals surface area contributed by atoms with Crippen LogP contribution in [0.5, 0.6) is 11.6 Å². The van der Waals surface area contributed by atoms with Gasteiger partial charge in [-0.05, 0) is 60.5 Å². The van der Waals surface area contributed by atoms with E-state index in [1.165, 1.54) is 12.3 Å². The van der Waals surface area contributed by atoms with Crippen LogP contribution in [-0.2, 0) is 12.7 Å². The number of ether oxygens (including phenoxy) is 2. The van der Waals surface area contributed by atoms with E-state index in [1.54, 1.807) is 28.8 Å². The number of carbonyl (C=O) groups excluding carboxylic acids is 1. The van der Waals surface area contributed by atoms with Gasteiger partial charge in [-0.3, -0.25) is 4.79 Å². The average molecular weight is 562 g/mol. The summed E-state index contributed by atoms with van der Waals surface area (Å²) in [7, 11) is 1.60. The summed E-state index contributed by atoms with van der Waals surface area (Å²) in [6.45, 7) is 2.73. The number of anilines is 1. The van der Waals surface area contributed by atoms with Crippen LogP contribution < -0.4 is 14.4 Å². The minimum atomic E-state index is -4.55. The van der Waals surface area contributed by atoms with Crippen LogP contribution in [0.3, 0.4) is 0 Å². The molecule has 13 heteroatoms. The van der Waals surface area contributed by atoms with Crippen LogP contribution in [0, 0.1) is 6.92 Å². The number of benzene rings is 2. The summed E-state index contributed by atoms with van der Waals surface area (Å²) in [6.07, 6.45) is -3.29. The third-order valence-electron chi connectivity index (χ3n) is 6.66. The van der Waals surface area contributed by atoms with Crippen LogP contribution in [0.4, 0.5) is 18.9 Å². The molecule has 0 aliphatic carbocycles. The number of carbonyl (C=O) groups is 1. The first-order chi connectivity index (χ1) is 19.7. The van der Waals surface area contributed by atoms with Crippen LogP contribution in [0.1, 0.15) is 27.3 Å². The number of pyridine rings is 1. The Morgan fingerprint density at radius 3 is 2.56 bits per heavy atom. The van der Waals surface area contributed by atoms with Crippen LogP contribution in [0.25, 0.3) is 22.4 Å². The Labute approximate surface area is 231 Å². The number of alkyl halides is 3. The smallest absolute Gasteiger partial charge is 0.433 e. The van der Waals surface area contributed by atoms with Gasteiger partial charge in [-0.1, -0.05) is 17.3 Å². The molecule has 208 valence electrons. The van der Waals surface area contributed by atoms with Crippen LogP contribution in [0.15, 0.2) is 60.8 Å². The van der Waals surface area contributed by atoms with Gasteiger partial charge >= 0.3 is 6.18 Å². The fourth-order valence-corrected chi connectivity index (χ4v) is 4.60. The fourth-order valence-electron chi connectivity index (χ4n) is 4.60. The van der Waals surface area contributed by atoms with E-state index in [-0.39, 0.29) is 35.8 Å². The van der Waals surface area contributed by atoms with Gasteiger partial charge in [0.2, 0.25) is 11.6 Å². The topological polar surface area (TPSA) is 108 Å². The van der Waals surface area contributed by atoms with Crippen molar-refractivity contribution in [1.82, 2.24) is 29.9 Å². The van der Waals surface area contributed by atoms with Gasteiger partial charge in [0, 0.05) is 11.3 Å². The van der Waals surface area contributed by atoms with Gasteiger partial charge in [-0.25, -0.2) is 19.6 Å². The molecule has 4 heterocycles. The molecule has 0 unspecified atom stereocenters. The van der Waals surface area contributed by atoms with E-state index in [4.69, 9.17) is 9.47 Å². The Balaban J connectivity index is 1.25. The number of halogens is 3. The average Bonchev–Trinajstić information content (AvgIpc) is 3.28. The molecule has 1 aliphatic heterocycles. The van der Waals surface area contributed by atoms with Crippen molar-refractivity contribution < 1.29 is 27.4 Å². The molecule has 0 saturated heterocycles. The van der Waals surface area contributed by atoms with Gasteiger partial charge in [-0.15, -0.1) is 5.10 Å². The molecular weight excluding hydrogens is 539 g/mol. The SMILES string of the molecule is COc1ccc(Cn2nnc3c2OCCN(c2ccc(-c4ncc5nc(C(F)(F)F)ccc5n4)cc2C)C3=O)cc1. The third-order valence-corrected chi connectivity index (χ3v) is 6.66. The molecule has 0 bridgehead atoms. The first kappa shape index (κ1) is 26.2. The number of aromatic nitrogens is 6. The molecule has 0 fully saturated rings. The second-order valence-electron chi connectivity index (χ2n) is 9.35. The molecule has 1 aliphatic rings. The molecular formula is C28H22F3N7O3. The minimum absolute atomic E-state index is 0.0444. The summed E-state index contributed by atoms with van der Waals surface area (Å²) in [5.74, 6) is 1.01. The van der Waals surface area contributed by atoms with Gasteiger partial charge in [0.1, 0.15) is 23.6 Å². The van der Waals surface area contributed by atoms with Crippen molar-refractivity contribution in [3.8, 4) is 23.0 Å². The van der Waals surface area contributed by atoms with Crippen molar-refractivity contribution in [3.63, 3.8) is 0 Å². The largest absolute Gasteiger partial charge is 0.497 e. The fraction of sp³-hybridized carbons (Fsp3) is 0.214. The lowest BCUT2D eigenvalue weighted by atomic mass is 10.1. The number of amides is 1.